The van der Waals surface area contributed by atoms with E-state index in [9.17, 15) is 9.59 Å². The Balaban J connectivity index is 1.24. The number of rotatable bonds is 8. The van der Waals surface area contributed by atoms with Gasteiger partial charge in [0.05, 0.1) is 5.75 Å². The maximum absolute atomic E-state index is 13.1. The lowest BCUT2D eigenvalue weighted by atomic mass is 10.1. The van der Waals surface area contributed by atoms with Crippen molar-refractivity contribution in [1.29, 1.82) is 0 Å². The lowest BCUT2D eigenvalue weighted by Gasteiger charge is -2.23. The first kappa shape index (κ1) is 21.4. The zero-order chi connectivity index (χ0) is 22.1. The molecule has 5 rings (SSSR count). The molecule has 0 aromatic heterocycles. The first-order chi connectivity index (χ1) is 15.6. The minimum Gasteiger partial charge on any atom is -0.349 e. The van der Waals surface area contributed by atoms with Crippen LogP contribution in [0.2, 0.25) is 5.02 Å². The van der Waals surface area contributed by atoms with Crippen LogP contribution in [0.4, 0.5) is 0 Å². The Morgan fingerprint density at radius 1 is 0.969 bits per heavy atom. The van der Waals surface area contributed by atoms with Crippen molar-refractivity contribution in [2.24, 2.45) is 0 Å². The van der Waals surface area contributed by atoms with Crippen LogP contribution in [0.5, 0.6) is 0 Å². The molecule has 0 atom stereocenters. The van der Waals surface area contributed by atoms with Gasteiger partial charge >= 0.3 is 0 Å². The number of benzene rings is 3. The van der Waals surface area contributed by atoms with Crippen LogP contribution in [0.3, 0.4) is 0 Å². The monoisotopic (exact) mass is 464 g/mol. The number of fused-ring (bicyclic) bond motifs is 1. The summed E-state index contributed by atoms with van der Waals surface area (Å²) < 4.78 is 0. The fourth-order valence-electron chi connectivity index (χ4n) is 3.87. The van der Waals surface area contributed by atoms with Gasteiger partial charge in [-0.1, -0.05) is 48.0 Å². The van der Waals surface area contributed by atoms with E-state index in [-0.39, 0.29) is 11.8 Å². The summed E-state index contributed by atoms with van der Waals surface area (Å²) in [6, 6.07) is 20.2. The summed E-state index contributed by atoms with van der Waals surface area (Å²) in [6.07, 6.45) is 4.26. The highest BCUT2D eigenvalue weighted by Gasteiger charge is 2.32. The summed E-state index contributed by atoms with van der Waals surface area (Å²) in [5.74, 6) is 0.499. The second-order valence-corrected chi connectivity index (χ2v) is 10.0. The van der Waals surface area contributed by atoms with Gasteiger partial charge < -0.3 is 10.2 Å². The quantitative estimate of drug-likeness (QED) is 0.437. The van der Waals surface area contributed by atoms with Gasteiger partial charge in [-0.15, -0.1) is 11.8 Å². The Labute approximate surface area is 197 Å². The molecule has 0 spiro atoms. The predicted molar refractivity (Wildman–Crippen MR) is 130 cm³/mol. The second-order valence-electron chi connectivity index (χ2n) is 8.58. The molecule has 2 amide bonds. The van der Waals surface area contributed by atoms with Gasteiger partial charge in [-0.3, -0.25) is 9.59 Å². The molecule has 0 bridgehead atoms. The molecule has 0 aliphatic heterocycles. The Morgan fingerprint density at radius 2 is 1.69 bits per heavy atom. The third-order valence-electron chi connectivity index (χ3n) is 5.96. The van der Waals surface area contributed by atoms with Gasteiger partial charge in [0, 0.05) is 39.5 Å². The predicted octanol–water partition coefficient (Wildman–Crippen LogP) is 5.67. The first-order valence-electron chi connectivity index (χ1n) is 11.1. The van der Waals surface area contributed by atoms with E-state index in [4.69, 9.17) is 11.6 Å². The molecule has 0 saturated heterocycles. The molecule has 2 aliphatic carbocycles. The molecule has 2 saturated carbocycles. The average Bonchev–Trinajstić information content (AvgIpc) is 3.72. The average molecular weight is 465 g/mol. The summed E-state index contributed by atoms with van der Waals surface area (Å²) in [5.41, 5.74) is 1.72. The van der Waals surface area contributed by atoms with Crippen LogP contribution in [0.15, 0.2) is 65.6 Å². The molecule has 32 heavy (non-hydrogen) atoms. The molecule has 3 aromatic carbocycles. The lowest BCUT2D eigenvalue weighted by Crippen LogP contribution is -2.34. The maximum Gasteiger partial charge on any atom is 0.251 e. The maximum atomic E-state index is 13.1. The standard InChI is InChI=1S/C26H25ClN2O2S/c27-22-5-1-3-18-4-2-6-23(25(18)22)32-16-24(30)29(21-13-14-21)15-17-7-9-19(10-8-17)26(31)28-20-11-12-20/h1-10,20-21H,11-16H2,(H,28,31). The van der Waals surface area contributed by atoms with Crippen molar-refractivity contribution in [1.82, 2.24) is 10.2 Å². The number of amides is 2. The number of thioether (sulfide) groups is 1. The van der Waals surface area contributed by atoms with Gasteiger partial charge in [0.15, 0.2) is 0 Å². The van der Waals surface area contributed by atoms with Crippen molar-refractivity contribution >= 4 is 45.9 Å². The zero-order valence-electron chi connectivity index (χ0n) is 17.7. The molecule has 3 aromatic rings. The molecule has 0 unspecified atom stereocenters. The lowest BCUT2D eigenvalue weighted by molar-refractivity contribution is -0.129. The van der Waals surface area contributed by atoms with E-state index in [1.165, 1.54) is 0 Å². The molecule has 2 aliphatic rings. The molecule has 0 heterocycles. The zero-order valence-corrected chi connectivity index (χ0v) is 19.3. The highest BCUT2D eigenvalue weighted by Crippen LogP contribution is 2.34. The Kier molecular flexibility index (Phi) is 6.11. The molecule has 0 radical (unpaired) electrons. The third kappa shape index (κ3) is 4.94. The number of nitrogens with one attached hydrogen (secondary N) is 1. The highest BCUT2D eigenvalue weighted by molar-refractivity contribution is 8.00. The van der Waals surface area contributed by atoms with Gasteiger partial charge in [0.1, 0.15) is 0 Å². The number of hydrogen-bond acceptors (Lipinski definition) is 3. The van der Waals surface area contributed by atoms with Crippen LogP contribution in [-0.2, 0) is 11.3 Å². The fourth-order valence-corrected chi connectivity index (χ4v) is 5.20. The molecule has 1 N–H and O–H groups in total. The van der Waals surface area contributed by atoms with Gasteiger partial charge in [-0.05, 0) is 60.9 Å². The van der Waals surface area contributed by atoms with Crippen molar-refractivity contribution in [2.75, 3.05) is 5.75 Å². The molecule has 2 fully saturated rings. The van der Waals surface area contributed by atoms with Crippen LogP contribution in [0.25, 0.3) is 10.8 Å². The van der Waals surface area contributed by atoms with Crippen LogP contribution in [0, 0.1) is 0 Å². The van der Waals surface area contributed by atoms with Crippen molar-refractivity contribution in [2.45, 2.75) is 49.2 Å². The van der Waals surface area contributed by atoms with E-state index in [0.717, 1.165) is 46.9 Å². The van der Waals surface area contributed by atoms with Crippen LogP contribution >= 0.6 is 23.4 Å². The number of nitrogens with zero attached hydrogens (tertiary/aromatic N) is 1. The highest BCUT2D eigenvalue weighted by atomic mass is 35.5. The van der Waals surface area contributed by atoms with E-state index in [1.54, 1.807) is 11.8 Å². The summed E-state index contributed by atoms with van der Waals surface area (Å²) >= 11 is 7.98. The largest absolute Gasteiger partial charge is 0.349 e. The van der Waals surface area contributed by atoms with Gasteiger partial charge in [0.2, 0.25) is 5.91 Å². The SMILES string of the molecule is O=C(NC1CC1)c1ccc(CN(C(=O)CSc2cccc3cccc(Cl)c23)C2CC2)cc1. The van der Waals surface area contributed by atoms with Gasteiger partial charge in [0.25, 0.3) is 5.91 Å². The van der Waals surface area contributed by atoms with E-state index < -0.39 is 0 Å². The normalized spacial score (nSPS) is 15.5. The minimum atomic E-state index is -0.0145. The first-order valence-corrected chi connectivity index (χ1v) is 12.4. The molecule has 6 heteroatoms. The van der Waals surface area contributed by atoms with E-state index in [0.29, 0.717) is 35.0 Å². The summed E-state index contributed by atoms with van der Waals surface area (Å²) in [4.78, 5) is 28.4. The van der Waals surface area contributed by atoms with Crippen LogP contribution < -0.4 is 5.32 Å². The Hall–Kier alpha value is -2.50. The second kappa shape index (κ2) is 9.16. The molecular formula is C26H25ClN2O2S. The smallest absolute Gasteiger partial charge is 0.251 e. The van der Waals surface area contributed by atoms with E-state index in [2.05, 4.69) is 5.32 Å². The molecule has 4 nitrogen and oxygen atoms in total. The summed E-state index contributed by atoms with van der Waals surface area (Å²) in [5, 5.41) is 5.81. The van der Waals surface area contributed by atoms with Crippen molar-refractivity contribution in [3.8, 4) is 0 Å². The number of carbonyl (C=O) groups is 2. The Bertz CT molecular complexity index is 1150. The summed E-state index contributed by atoms with van der Waals surface area (Å²) in [6.45, 7) is 0.574. The minimum absolute atomic E-state index is 0.0145. The molecule has 164 valence electrons. The number of hydrogen-bond donors (Lipinski definition) is 1. The van der Waals surface area contributed by atoms with Gasteiger partial charge in [-0.25, -0.2) is 0 Å². The van der Waals surface area contributed by atoms with Crippen molar-refractivity contribution in [3.05, 3.63) is 76.8 Å². The van der Waals surface area contributed by atoms with E-state index in [1.807, 2.05) is 65.6 Å². The van der Waals surface area contributed by atoms with Crippen molar-refractivity contribution in [3.63, 3.8) is 0 Å². The van der Waals surface area contributed by atoms with Crippen molar-refractivity contribution < 1.29 is 9.59 Å². The van der Waals surface area contributed by atoms with Crippen LogP contribution in [0.1, 0.15) is 41.6 Å². The topological polar surface area (TPSA) is 49.4 Å². The Morgan fingerprint density at radius 3 is 2.38 bits per heavy atom. The fraction of sp³-hybridized carbons (Fsp3) is 0.308. The summed E-state index contributed by atoms with van der Waals surface area (Å²) in [7, 11) is 0. The number of carbonyl (C=O) groups excluding carboxylic acids is 2. The number of halogens is 1. The third-order valence-corrected chi connectivity index (χ3v) is 7.31. The van der Waals surface area contributed by atoms with Crippen LogP contribution in [-0.4, -0.2) is 34.6 Å². The molecular weight excluding hydrogens is 440 g/mol. The van der Waals surface area contributed by atoms with E-state index >= 15 is 0 Å². The van der Waals surface area contributed by atoms with Gasteiger partial charge in [-0.2, -0.15) is 0 Å².